The van der Waals surface area contributed by atoms with E-state index in [0.29, 0.717) is 0 Å². The zero-order valence-electron chi connectivity index (χ0n) is 7.10. The van der Waals surface area contributed by atoms with Crippen LogP contribution in [-0.4, -0.2) is 20.9 Å². The summed E-state index contributed by atoms with van der Waals surface area (Å²) in [5, 5.41) is 0. The Morgan fingerprint density at radius 3 is 2.60 bits per heavy atom. The average Bonchev–Trinajstić information content (AvgIpc) is 1.97. The van der Waals surface area contributed by atoms with E-state index in [4.69, 9.17) is 0 Å². The Balaban J connectivity index is 2.88. The average molecular weight is 254 g/mol. The quantitative estimate of drug-likeness (QED) is 0.504. The SMILES string of the molecule is CCC/C=C\[Te]CCCC. The van der Waals surface area contributed by atoms with Gasteiger partial charge in [0.2, 0.25) is 0 Å². The van der Waals surface area contributed by atoms with Gasteiger partial charge >= 0.3 is 75.1 Å². The Morgan fingerprint density at radius 1 is 1.20 bits per heavy atom. The van der Waals surface area contributed by atoms with Crippen LogP contribution >= 0.6 is 0 Å². The molecule has 0 bridgehead atoms. The molecule has 0 nitrogen and oxygen atoms in total. The summed E-state index contributed by atoms with van der Waals surface area (Å²) in [7, 11) is 0. The van der Waals surface area contributed by atoms with Gasteiger partial charge in [0.15, 0.2) is 0 Å². The molecule has 0 fully saturated rings. The minimum atomic E-state index is 0.269. The van der Waals surface area contributed by atoms with Gasteiger partial charge in [-0.3, -0.25) is 0 Å². The Hall–Kier alpha value is 0.530. The van der Waals surface area contributed by atoms with Crippen LogP contribution in [0.25, 0.3) is 0 Å². The fraction of sp³-hybridized carbons (Fsp3) is 0.778. The van der Waals surface area contributed by atoms with Gasteiger partial charge in [-0.15, -0.1) is 0 Å². The van der Waals surface area contributed by atoms with Crippen molar-refractivity contribution in [1.29, 1.82) is 0 Å². The van der Waals surface area contributed by atoms with E-state index in [9.17, 15) is 0 Å². The molecule has 0 spiro atoms. The normalized spacial score (nSPS) is 11.0. The molecule has 0 unspecified atom stereocenters. The third-order valence-electron chi connectivity index (χ3n) is 1.26. The summed E-state index contributed by atoms with van der Waals surface area (Å²) >= 11 is 0.269. The molecule has 1 heteroatoms. The van der Waals surface area contributed by atoms with Gasteiger partial charge in [0.25, 0.3) is 0 Å². The molecule has 0 aliphatic carbocycles. The summed E-state index contributed by atoms with van der Waals surface area (Å²) in [5.74, 6) is 0. The molecule has 0 aliphatic heterocycles. The monoisotopic (exact) mass is 256 g/mol. The Labute approximate surface area is 75.2 Å². The number of unbranched alkanes of at least 4 members (excludes halogenated alkanes) is 2. The van der Waals surface area contributed by atoms with Gasteiger partial charge in [0.1, 0.15) is 0 Å². The topological polar surface area (TPSA) is 0 Å². The summed E-state index contributed by atoms with van der Waals surface area (Å²) in [6.07, 6.45) is 7.76. The van der Waals surface area contributed by atoms with Gasteiger partial charge in [-0.05, 0) is 0 Å². The summed E-state index contributed by atoms with van der Waals surface area (Å²) in [6.45, 7) is 4.50. The number of hydrogen-bond acceptors (Lipinski definition) is 0. The van der Waals surface area contributed by atoms with Crippen molar-refractivity contribution in [3.8, 4) is 0 Å². The van der Waals surface area contributed by atoms with Gasteiger partial charge in [-0.25, -0.2) is 0 Å². The molecular weight excluding hydrogens is 236 g/mol. The molecule has 0 saturated carbocycles. The van der Waals surface area contributed by atoms with Crippen molar-refractivity contribution in [2.24, 2.45) is 0 Å². The van der Waals surface area contributed by atoms with Gasteiger partial charge in [0, 0.05) is 0 Å². The molecule has 0 saturated heterocycles. The van der Waals surface area contributed by atoms with Crippen LogP contribution in [0.2, 0.25) is 4.47 Å². The van der Waals surface area contributed by atoms with Crippen LogP contribution in [-0.2, 0) is 0 Å². The molecule has 10 heavy (non-hydrogen) atoms. The zero-order valence-corrected chi connectivity index (χ0v) is 9.43. The third kappa shape index (κ3) is 8.53. The second-order valence-electron chi connectivity index (χ2n) is 2.38. The van der Waals surface area contributed by atoms with Gasteiger partial charge in [-0.2, -0.15) is 0 Å². The van der Waals surface area contributed by atoms with Gasteiger partial charge < -0.3 is 0 Å². The molecule has 0 radical (unpaired) electrons. The molecule has 60 valence electrons. The van der Waals surface area contributed by atoms with Crippen LogP contribution in [0, 0.1) is 0 Å². The molecule has 0 atom stereocenters. The van der Waals surface area contributed by atoms with Crippen LogP contribution < -0.4 is 0 Å². The zero-order chi connectivity index (χ0) is 7.66. The fourth-order valence-electron chi connectivity index (χ4n) is 0.598. The van der Waals surface area contributed by atoms with E-state index in [0.717, 1.165) is 0 Å². The van der Waals surface area contributed by atoms with E-state index < -0.39 is 0 Å². The van der Waals surface area contributed by atoms with Crippen LogP contribution in [0.4, 0.5) is 0 Å². The number of rotatable bonds is 6. The molecule has 0 rings (SSSR count). The molecule has 0 amide bonds. The number of hydrogen-bond donors (Lipinski definition) is 0. The Kier molecular flexibility index (Phi) is 10.0. The summed E-state index contributed by atoms with van der Waals surface area (Å²) < 4.78 is 3.95. The number of allylic oxidation sites excluding steroid dienone is 1. The van der Waals surface area contributed by atoms with Gasteiger partial charge in [-0.1, -0.05) is 0 Å². The second-order valence-corrected chi connectivity index (χ2v) is 5.28. The third-order valence-corrected chi connectivity index (χ3v) is 3.86. The Morgan fingerprint density at radius 2 is 2.00 bits per heavy atom. The maximum atomic E-state index is 2.45. The summed E-state index contributed by atoms with van der Waals surface area (Å²) in [4.78, 5) is 0. The molecule has 0 aromatic heterocycles. The van der Waals surface area contributed by atoms with Crippen molar-refractivity contribution in [2.45, 2.75) is 44.0 Å². The van der Waals surface area contributed by atoms with Crippen molar-refractivity contribution < 1.29 is 0 Å². The first-order valence-electron chi connectivity index (χ1n) is 4.18. The fourth-order valence-corrected chi connectivity index (χ4v) is 3.06. The first-order valence-corrected chi connectivity index (χ1v) is 7.17. The van der Waals surface area contributed by atoms with E-state index in [2.05, 4.69) is 24.0 Å². The van der Waals surface area contributed by atoms with Crippen molar-refractivity contribution in [3.63, 3.8) is 0 Å². The first-order chi connectivity index (χ1) is 4.91. The predicted octanol–water partition coefficient (Wildman–Crippen LogP) is 3.22. The minimum absolute atomic E-state index is 0.269. The van der Waals surface area contributed by atoms with Crippen molar-refractivity contribution in [3.05, 3.63) is 10.2 Å². The standard InChI is InChI=1S/C9H18Te/c1-3-5-7-9-10-8-6-4-2/h7,9H,3-6,8H2,1-2H3/b9-7-. The first kappa shape index (κ1) is 10.5. The van der Waals surface area contributed by atoms with Crippen LogP contribution in [0.3, 0.4) is 0 Å². The summed E-state index contributed by atoms with van der Waals surface area (Å²) in [5.41, 5.74) is 0. The molecule has 0 N–H and O–H groups in total. The predicted molar refractivity (Wildman–Crippen MR) is 49.5 cm³/mol. The molecule has 0 heterocycles. The summed E-state index contributed by atoms with van der Waals surface area (Å²) in [6, 6.07) is 0. The van der Waals surface area contributed by atoms with Crippen molar-refractivity contribution in [2.75, 3.05) is 0 Å². The van der Waals surface area contributed by atoms with Crippen molar-refractivity contribution in [1.82, 2.24) is 0 Å². The van der Waals surface area contributed by atoms with Gasteiger partial charge in [0.05, 0.1) is 0 Å². The maximum absolute atomic E-state index is 2.45. The van der Waals surface area contributed by atoms with Crippen LogP contribution in [0.1, 0.15) is 39.5 Å². The van der Waals surface area contributed by atoms with Crippen LogP contribution in [0.15, 0.2) is 10.2 Å². The van der Waals surface area contributed by atoms with E-state index in [-0.39, 0.29) is 20.9 Å². The van der Waals surface area contributed by atoms with Crippen LogP contribution in [0.5, 0.6) is 0 Å². The van der Waals surface area contributed by atoms with E-state index in [1.165, 1.54) is 30.2 Å². The molecular formula is C9H18Te. The Bertz CT molecular complexity index is 76.8. The molecule has 0 aromatic carbocycles. The van der Waals surface area contributed by atoms with E-state index >= 15 is 0 Å². The van der Waals surface area contributed by atoms with E-state index in [1.54, 1.807) is 0 Å². The molecule has 0 aromatic rings. The molecule has 0 aliphatic rings. The second kappa shape index (κ2) is 9.53. The van der Waals surface area contributed by atoms with E-state index in [1.807, 2.05) is 0 Å². The van der Waals surface area contributed by atoms with Crippen molar-refractivity contribution >= 4 is 20.9 Å².